The highest BCUT2D eigenvalue weighted by molar-refractivity contribution is 9.10. The first kappa shape index (κ1) is 13.6. The standard InChI is InChI=1S/C13H20BrN3O/c1-8(2)17-13(18)12(14)11(7-16-17)15-6-9(3)10-4-5-10/h7-10,15H,4-6H2,1-3H3. The molecular weight excluding hydrogens is 294 g/mol. The predicted molar refractivity (Wildman–Crippen MR) is 77.0 cm³/mol. The van der Waals surface area contributed by atoms with Gasteiger partial charge in [0.05, 0.1) is 17.9 Å². The molecule has 0 amide bonds. The topological polar surface area (TPSA) is 46.9 Å². The normalized spacial score (nSPS) is 16.9. The van der Waals surface area contributed by atoms with E-state index in [0.717, 1.165) is 18.2 Å². The van der Waals surface area contributed by atoms with Crippen LogP contribution >= 0.6 is 15.9 Å². The van der Waals surface area contributed by atoms with Crippen LogP contribution in [0.3, 0.4) is 0 Å². The minimum atomic E-state index is -0.0749. The van der Waals surface area contributed by atoms with Crippen LogP contribution in [0.5, 0.6) is 0 Å². The molecule has 1 fully saturated rings. The van der Waals surface area contributed by atoms with Crippen LogP contribution in [0, 0.1) is 11.8 Å². The lowest BCUT2D eigenvalue weighted by molar-refractivity contribution is 0.499. The van der Waals surface area contributed by atoms with E-state index in [1.54, 1.807) is 6.20 Å². The zero-order valence-electron chi connectivity index (χ0n) is 11.1. The van der Waals surface area contributed by atoms with E-state index >= 15 is 0 Å². The highest BCUT2D eigenvalue weighted by Gasteiger charge is 2.27. The molecule has 4 nitrogen and oxygen atoms in total. The van der Waals surface area contributed by atoms with Gasteiger partial charge in [-0.15, -0.1) is 0 Å². The molecule has 1 N–H and O–H groups in total. The Balaban J connectivity index is 2.09. The first-order valence-electron chi connectivity index (χ1n) is 6.52. The Morgan fingerprint density at radius 1 is 1.50 bits per heavy atom. The van der Waals surface area contributed by atoms with E-state index in [1.165, 1.54) is 17.5 Å². The van der Waals surface area contributed by atoms with Gasteiger partial charge in [0.25, 0.3) is 5.56 Å². The van der Waals surface area contributed by atoms with Crippen molar-refractivity contribution in [2.75, 3.05) is 11.9 Å². The van der Waals surface area contributed by atoms with E-state index in [1.807, 2.05) is 13.8 Å². The molecule has 0 aromatic carbocycles. The quantitative estimate of drug-likeness (QED) is 0.909. The predicted octanol–water partition coefficient (Wildman–Crippen LogP) is 3.04. The second kappa shape index (κ2) is 5.43. The summed E-state index contributed by atoms with van der Waals surface area (Å²) in [5.74, 6) is 1.52. The van der Waals surface area contributed by atoms with Crippen molar-refractivity contribution < 1.29 is 0 Å². The summed E-state index contributed by atoms with van der Waals surface area (Å²) in [4.78, 5) is 12.0. The zero-order valence-corrected chi connectivity index (χ0v) is 12.7. The molecule has 5 heteroatoms. The largest absolute Gasteiger partial charge is 0.382 e. The number of rotatable bonds is 5. The first-order chi connectivity index (χ1) is 8.50. The van der Waals surface area contributed by atoms with Crippen LogP contribution in [0.1, 0.15) is 39.7 Å². The molecule has 2 rings (SSSR count). The van der Waals surface area contributed by atoms with Crippen molar-refractivity contribution in [2.24, 2.45) is 11.8 Å². The molecule has 1 aromatic rings. The fourth-order valence-corrected chi connectivity index (χ4v) is 2.46. The molecule has 100 valence electrons. The molecule has 1 aromatic heterocycles. The Morgan fingerprint density at radius 2 is 2.17 bits per heavy atom. The van der Waals surface area contributed by atoms with Crippen molar-refractivity contribution in [3.05, 3.63) is 21.0 Å². The summed E-state index contributed by atoms with van der Waals surface area (Å²) in [6.07, 6.45) is 4.42. The van der Waals surface area contributed by atoms with Gasteiger partial charge < -0.3 is 5.32 Å². The van der Waals surface area contributed by atoms with Crippen molar-refractivity contribution in [1.29, 1.82) is 0 Å². The van der Waals surface area contributed by atoms with E-state index in [-0.39, 0.29) is 11.6 Å². The summed E-state index contributed by atoms with van der Waals surface area (Å²) in [7, 11) is 0. The highest BCUT2D eigenvalue weighted by Crippen LogP contribution is 2.36. The number of hydrogen-bond donors (Lipinski definition) is 1. The smallest absolute Gasteiger partial charge is 0.283 e. The molecular formula is C13H20BrN3O. The van der Waals surface area contributed by atoms with Crippen molar-refractivity contribution in [3.63, 3.8) is 0 Å². The maximum Gasteiger partial charge on any atom is 0.283 e. The van der Waals surface area contributed by atoms with Crippen LogP contribution in [0.15, 0.2) is 15.5 Å². The molecule has 1 unspecified atom stereocenters. The van der Waals surface area contributed by atoms with E-state index in [4.69, 9.17) is 0 Å². The Kier molecular flexibility index (Phi) is 4.10. The Bertz CT molecular complexity index is 480. The third kappa shape index (κ3) is 2.94. The van der Waals surface area contributed by atoms with Gasteiger partial charge in [-0.2, -0.15) is 5.10 Å². The molecule has 0 saturated heterocycles. The molecule has 1 aliphatic carbocycles. The van der Waals surface area contributed by atoms with Gasteiger partial charge in [-0.1, -0.05) is 6.92 Å². The molecule has 0 spiro atoms. The summed E-state index contributed by atoms with van der Waals surface area (Å²) < 4.78 is 2.06. The molecule has 0 radical (unpaired) electrons. The second-order valence-electron chi connectivity index (χ2n) is 5.41. The summed E-state index contributed by atoms with van der Waals surface area (Å²) in [6, 6.07) is 0.0771. The lowest BCUT2D eigenvalue weighted by Gasteiger charge is -2.15. The average molecular weight is 314 g/mol. The van der Waals surface area contributed by atoms with Crippen molar-refractivity contribution in [1.82, 2.24) is 9.78 Å². The summed E-state index contributed by atoms with van der Waals surface area (Å²) in [6.45, 7) is 7.05. The average Bonchev–Trinajstić information content (AvgIpc) is 3.14. The third-order valence-electron chi connectivity index (χ3n) is 3.47. The van der Waals surface area contributed by atoms with Gasteiger partial charge in [0.15, 0.2) is 0 Å². The van der Waals surface area contributed by atoms with E-state index in [9.17, 15) is 4.79 Å². The fourth-order valence-electron chi connectivity index (χ4n) is 2.04. The molecule has 1 atom stereocenters. The van der Waals surface area contributed by atoms with Crippen molar-refractivity contribution in [3.8, 4) is 0 Å². The van der Waals surface area contributed by atoms with Gasteiger partial charge in [-0.25, -0.2) is 4.68 Å². The zero-order chi connectivity index (χ0) is 13.3. The summed E-state index contributed by atoms with van der Waals surface area (Å²) in [5, 5.41) is 7.51. The monoisotopic (exact) mass is 313 g/mol. The van der Waals surface area contributed by atoms with Crippen LogP contribution in [-0.2, 0) is 0 Å². The minimum Gasteiger partial charge on any atom is -0.382 e. The third-order valence-corrected chi connectivity index (χ3v) is 4.24. The Hall–Kier alpha value is -0.840. The minimum absolute atomic E-state index is 0.0749. The van der Waals surface area contributed by atoms with Gasteiger partial charge in [0.2, 0.25) is 0 Å². The van der Waals surface area contributed by atoms with Gasteiger partial charge in [-0.05, 0) is 54.5 Å². The molecule has 0 aliphatic heterocycles. The number of halogens is 1. The van der Waals surface area contributed by atoms with Gasteiger partial charge in [0, 0.05) is 6.54 Å². The number of nitrogens with zero attached hydrogens (tertiary/aromatic N) is 2. The SMILES string of the molecule is CC(CNc1cnn(C(C)C)c(=O)c1Br)C1CC1. The first-order valence-corrected chi connectivity index (χ1v) is 7.31. The van der Waals surface area contributed by atoms with E-state index in [0.29, 0.717) is 10.4 Å². The maximum atomic E-state index is 12.0. The van der Waals surface area contributed by atoms with Crippen LogP contribution in [0.2, 0.25) is 0 Å². The van der Waals surface area contributed by atoms with Gasteiger partial charge in [0.1, 0.15) is 4.47 Å². The summed E-state index contributed by atoms with van der Waals surface area (Å²) in [5.41, 5.74) is 0.721. The van der Waals surface area contributed by atoms with E-state index in [2.05, 4.69) is 33.3 Å². The maximum absolute atomic E-state index is 12.0. The molecule has 1 heterocycles. The summed E-state index contributed by atoms with van der Waals surface area (Å²) >= 11 is 3.37. The lowest BCUT2D eigenvalue weighted by Crippen LogP contribution is -2.26. The Morgan fingerprint density at radius 3 is 2.72 bits per heavy atom. The molecule has 1 aliphatic rings. The molecule has 1 saturated carbocycles. The fraction of sp³-hybridized carbons (Fsp3) is 0.692. The van der Waals surface area contributed by atoms with Crippen LogP contribution in [-0.4, -0.2) is 16.3 Å². The van der Waals surface area contributed by atoms with Crippen molar-refractivity contribution >= 4 is 21.6 Å². The van der Waals surface area contributed by atoms with E-state index < -0.39 is 0 Å². The van der Waals surface area contributed by atoms with Crippen LogP contribution < -0.4 is 10.9 Å². The number of anilines is 1. The molecule has 0 bridgehead atoms. The van der Waals surface area contributed by atoms with Gasteiger partial charge >= 0.3 is 0 Å². The lowest BCUT2D eigenvalue weighted by atomic mass is 10.1. The van der Waals surface area contributed by atoms with Crippen LogP contribution in [0.25, 0.3) is 0 Å². The van der Waals surface area contributed by atoms with Crippen LogP contribution in [0.4, 0.5) is 5.69 Å². The highest BCUT2D eigenvalue weighted by atomic mass is 79.9. The van der Waals surface area contributed by atoms with Crippen molar-refractivity contribution in [2.45, 2.75) is 39.7 Å². The number of hydrogen-bond acceptors (Lipinski definition) is 3. The van der Waals surface area contributed by atoms with Gasteiger partial charge in [-0.3, -0.25) is 4.79 Å². The molecule has 18 heavy (non-hydrogen) atoms. The number of aromatic nitrogens is 2. The second-order valence-corrected chi connectivity index (χ2v) is 6.20. The Labute approximate surface area is 116 Å². The number of nitrogens with one attached hydrogen (secondary N) is 1.